The fraction of sp³-hybridized carbons (Fsp3) is 0.692. The molecule has 2 rings (SSSR count). The molecule has 1 heterocycles. The van der Waals surface area contributed by atoms with Gasteiger partial charge in [0.2, 0.25) is 0 Å². The summed E-state index contributed by atoms with van der Waals surface area (Å²) in [5, 5.41) is 3.94. The Bertz CT molecular complexity index is 375. The van der Waals surface area contributed by atoms with Crippen LogP contribution in [0.3, 0.4) is 0 Å². The van der Waals surface area contributed by atoms with Crippen LogP contribution < -0.4 is 5.32 Å². The average Bonchev–Trinajstić information content (AvgIpc) is 2.68. The third-order valence-corrected chi connectivity index (χ3v) is 3.90. The zero-order chi connectivity index (χ0) is 12.5. The Balaban J connectivity index is 1.82. The lowest BCUT2D eigenvalue weighted by molar-refractivity contribution is -0.114. The fourth-order valence-corrected chi connectivity index (χ4v) is 2.55. The molecule has 1 N–H and O–H groups in total. The standard InChI is InChI=1S/C13H20ClNO2/c1-4-16-11-7-10(13(11,2)3)15-8-9-5-6-12(14)17-9/h5-6,10-11,15H,4,7-8H2,1-3H3. The molecule has 0 aliphatic heterocycles. The van der Waals surface area contributed by atoms with E-state index in [9.17, 15) is 0 Å². The van der Waals surface area contributed by atoms with Crippen molar-refractivity contribution in [3.63, 3.8) is 0 Å². The SMILES string of the molecule is CCOC1CC(NCc2ccc(Cl)o2)C1(C)C. The van der Waals surface area contributed by atoms with Gasteiger partial charge in [-0.15, -0.1) is 0 Å². The molecule has 1 saturated carbocycles. The summed E-state index contributed by atoms with van der Waals surface area (Å²) >= 11 is 5.73. The molecule has 2 unspecified atom stereocenters. The molecule has 1 aromatic heterocycles. The minimum absolute atomic E-state index is 0.187. The number of ether oxygens (including phenoxy) is 1. The van der Waals surface area contributed by atoms with Crippen molar-refractivity contribution in [2.45, 2.75) is 45.9 Å². The first-order valence-electron chi connectivity index (χ1n) is 6.13. The lowest BCUT2D eigenvalue weighted by Crippen LogP contribution is -2.60. The summed E-state index contributed by atoms with van der Waals surface area (Å²) in [5.74, 6) is 0.880. The van der Waals surface area contributed by atoms with Crippen LogP contribution in [0.5, 0.6) is 0 Å². The molecular formula is C13H20ClNO2. The van der Waals surface area contributed by atoms with Crippen molar-refractivity contribution < 1.29 is 9.15 Å². The van der Waals surface area contributed by atoms with E-state index in [4.69, 9.17) is 20.8 Å². The molecule has 4 heteroatoms. The molecule has 0 radical (unpaired) electrons. The maximum Gasteiger partial charge on any atom is 0.193 e. The molecular weight excluding hydrogens is 238 g/mol. The quantitative estimate of drug-likeness (QED) is 0.880. The van der Waals surface area contributed by atoms with Gasteiger partial charge in [0.15, 0.2) is 5.22 Å². The van der Waals surface area contributed by atoms with Gasteiger partial charge in [0.25, 0.3) is 0 Å². The Morgan fingerprint density at radius 2 is 2.29 bits per heavy atom. The first-order valence-corrected chi connectivity index (χ1v) is 6.51. The summed E-state index contributed by atoms with van der Waals surface area (Å²) in [6.45, 7) is 8.03. The zero-order valence-electron chi connectivity index (χ0n) is 10.6. The Morgan fingerprint density at radius 1 is 1.53 bits per heavy atom. The summed E-state index contributed by atoms with van der Waals surface area (Å²) in [6, 6.07) is 4.15. The van der Waals surface area contributed by atoms with E-state index in [1.165, 1.54) is 0 Å². The molecule has 1 fully saturated rings. The van der Waals surface area contributed by atoms with Crippen molar-refractivity contribution >= 4 is 11.6 Å². The second-order valence-electron chi connectivity index (χ2n) is 5.14. The van der Waals surface area contributed by atoms with E-state index in [1.54, 1.807) is 6.07 Å². The van der Waals surface area contributed by atoms with E-state index in [0.717, 1.165) is 25.3 Å². The van der Waals surface area contributed by atoms with E-state index >= 15 is 0 Å². The highest BCUT2D eigenvalue weighted by molar-refractivity contribution is 6.28. The number of halogens is 1. The lowest BCUT2D eigenvalue weighted by atomic mass is 9.64. The van der Waals surface area contributed by atoms with Gasteiger partial charge in [0.1, 0.15) is 5.76 Å². The fourth-order valence-electron chi connectivity index (χ4n) is 2.39. The summed E-state index contributed by atoms with van der Waals surface area (Å²) in [4.78, 5) is 0. The first-order chi connectivity index (χ1) is 8.04. The van der Waals surface area contributed by atoms with Crippen molar-refractivity contribution in [2.24, 2.45) is 5.41 Å². The molecule has 0 spiro atoms. The van der Waals surface area contributed by atoms with Crippen LogP contribution in [-0.2, 0) is 11.3 Å². The van der Waals surface area contributed by atoms with E-state index in [2.05, 4.69) is 19.2 Å². The highest BCUT2D eigenvalue weighted by Gasteiger charge is 2.48. The largest absolute Gasteiger partial charge is 0.448 e. The van der Waals surface area contributed by atoms with Gasteiger partial charge in [0.05, 0.1) is 12.6 Å². The second kappa shape index (κ2) is 5.01. The molecule has 0 amide bonds. The van der Waals surface area contributed by atoms with Crippen LogP contribution in [0, 0.1) is 5.41 Å². The third-order valence-electron chi connectivity index (χ3n) is 3.70. The maximum atomic E-state index is 5.73. The summed E-state index contributed by atoms with van der Waals surface area (Å²) in [6.07, 6.45) is 1.43. The van der Waals surface area contributed by atoms with Crippen LogP contribution in [0.15, 0.2) is 16.5 Å². The molecule has 1 aromatic rings. The van der Waals surface area contributed by atoms with Gasteiger partial charge >= 0.3 is 0 Å². The van der Waals surface area contributed by atoms with Gasteiger partial charge in [0, 0.05) is 18.1 Å². The van der Waals surface area contributed by atoms with Crippen molar-refractivity contribution in [3.05, 3.63) is 23.1 Å². The van der Waals surface area contributed by atoms with Gasteiger partial charge < -0.3 is 14.5 Å². The number of hydrogen-bond acceptors (Lipinski definition) is 3. The van der Waals surface area contributed by atoms with E-state index < -0.39 is 0 Å². The number of hydrogen-bond donors (Lipinski definition) is 1. The van der Waals surface area contributed by atoms with Crippen LogP contribution in [0.1, 0.15) is 33.0 Å². The Labute approximate surface area is 107 Å². The van der Waals surface area contributed by atoms with Crippen LogP contribution in [0.2, 0.25) is 5.22 Å². The highest BCUT2D eigenvalue weighted by Crippen LogP contribution is 2.42. The average molecular weight is 258 g/mol. The van der Waals surface area contributed by atoms with Crippen molar-refractivity contribution in [3.8, 4) is 0 Å². The molecule has 96 valence electrons. The number of nitrogens with one attached hydrogen (secondary N) is 1. The zero-order valence-corrected chi connectivity index (χ0v) is 11.4. The molecule has 1 aliphatic rings. The molecule has 1 aliphatic carbocycles. The van der Waals surface area contributed by atoms with Gasteiger partial charge in [-0.1, -0.05) is 13.8 Å². The van der Waals surface area contributed by atoms with E-state index in [-0.39, 0.29) is 5.41 Å². The first kappa shape index (κ1) is 12.9. The smallest absolute Gasteiger partial charge is 0.193 e. The normalized spacial score (nSPS) is 26.8. The molecule has 3 nitrogen and oxygen atoms in total. The third kappa shape index (κ3) is 2.67. The van der Waals surface area contributed by atoms with Gasteiger partial charge in [-0.25, -0.2) is 0 Å². The number of rotatable bonds is 5. The Morgan fingerprint density at radius 3 is 2.82 bits per heavy atom. The highest BCUT2D eigenvalue weighted by atomic mass is 35.5. The van der Waals surface area contributed by atoms with Gasteiger partial charge in [-0.05, 0) is 37.1 Å². The minimum Gasteiger partial charge on any atom is -0.448 e. The molecule has 0 saturated heterocycles. The summed E-state index contributed by atoms with van der Waals surface area (Å²) < 4.78 is 11.0. The monoisotopic (exact) mass is 257 g/mol. The van der Waals surface area contributed by atoms with Crippen molar-refractivity contribution in [2.75, 3.05) is 6.61 Å². The topological polar surface area (TPSA) is 34.4 Å². The van der Waals surface area contributed by atoms with Gasteiger partial charge in [-0.2, -0.15) is 0 Å². The Kier molecular flexibility index (Phi) is 3.81. The number of furan rings is 1. The molecule has 17 heavy (non-hydrogen) atoms. The predicted octanol–water partition coefficient (Wildman–Crippen LogP) is 3.23. The van der Waals surface area contributed by atoms with Crippen molar-refractivity contribution in [1.82, 2.24) is 5.32 Å². The van der Waals surface area contributed by atoms with E-state index in [1.807, 2.05) is 13.0 Å². The molecule has 0 bridgehead atoms. The van der Waals surface area contributed by atoms with E-state index in [0.29, 0.717) is 17.4 Å². The van der Waals surface area contributed by atoms with Gasteiger partial charge in [-0.3, -0.25) is 0 Å². The lowest BCUT2D eigenvalue weighted by Gasteiger charge is -2.51. The van der Waals surface area contributed by atoms with Crippen LogP contribution in [0.25, 0.3) is 0 Å². The van der Waals surface area contributed by atoms with Crippen LogP contribution >= 0.6 is 11.6 Å². The maximum absolute atomic E-state index is 5.73. The summed E-state index contributed by atoms with van der Waals surface area (Å²) in [5.41, 5.74) is 0.187. The van der Waals surface area contributed by atoms with Crippen LogP contribution in [0.4, 0.5) is 0 Å². The Hall–Kier alpha value is -0.510. The minimum atomic E-state index is 0.187. The van der Waals surface area contributed by atoms with Crippen LogP contribution in [-0.4, -0.2) is 18.8 Å². The van der Waals surface area contributed by atoms with Crippen molar-refractivity contribution in [1.29, 1.82) is 0 Å². The molecule has 2 atom stereocenters. The molecule has 0 aromatic carbocycles. The second-order valence-corrected chi connectivity index (χ2v) is 5.51. The summed E-state index contributed by atoms with van der Waals surface area (Å²) in [7, 11) is 0. The predicted molar refractivity (Wildman–Crippen MR) is 68.2 cm³/mol.